The fraction of sp³-hybridized carbons (Fsp3) is 0.438. The summed E-state index contributed by atoms with van der Waals surface area (Å²) in [6, 6.07) is 4.14. The van der Waals surface area contributed by atoms with Gasteiger partial charge in [-0.1, -0.05) is 0 Å². The number of anilines is 1. The molecule has 1 N–H and O–H groups in total. The minimum absolute atomic E-state index is 0.202. The molecule has 0 bridgehead atoms. The second-order valence-corrected chi connectivity index (χ2v) is 6.42. The summed E-state index contributed by atoms with van der Waals surface area (Å²) in [5.74, 6) is 0.851. The SMILES string of the molecule is C[C@@H]1c2ccsc2CCN1C(=O)CCCNc1ncccn1. The lowest BCUT2D eigenvalue weighted by molar-refractivity contribution is -0.133. The first kappa shape index (κ1) is 15.0. The van der Waals surface area contributed by atoms with Crippen molar-refractivity contribution < 1.29 is 4.79 Å². The fourth-order valence-corrected chi connectivity index (χ4v) is 3.79. The van der Waals surface area contributed by atoms with E-state index in [0.29, 0.717) is 18.9 Å². The Bertz CT molecular complexity index is 628. The maximum absolute atomic E-state index is 12.4. The van der Waals surface area contributed by atoms with Crippen molar-refractivity contribution in [2.45, 2.75) is 32.2 Å². The van der Waals surface area contributed by atoms with Crippen LogP contribution in [-0.2, 0) is 11.2 Å². The Morgan fingerprint density at radius 1 is 1.45 bits per heavy atom. The molecular formula is C16H20N4OS. The van der Waals surface area contributed by atoms with Gasteiger partial charge in [0.1, 0.15) is 0 Å². The molecular weight excluding hydrogens is 296 g/mol. The van der Waals surface area contributed by atoms with Gasteiger partial charge in [0.2, 0.25) is 11.9 Å². The average Bonchev–Trinajstić information content (AvgIpc) is 3.02. The van der Waals surface area contributed by atoms with Crippen LogP contribution in [0, 0.1) is 0 Å². The van der Waals surface area contributed by atoms with Gasteiger partial charge in [0.15, 0.2) is 0 Å². The highest BCUT2D eigenvalue weighted by atomic mass is 32.1. The third-order valence-corrected chi connectivity index (χ3v) is 5.01. The molecule has 22 heavy (non-hydrogen) atoms. The molecule has 0 radical (unpaired) electrons. The fourth-order valence-electron chi connectivity index (χ4n) is 2.82. The van der Waals surface area contributed by atoms with Gasteiger partial charge in [-0.3, -0.25) is 4.79 Å². The van der Waals surface area contributed by atoms with Crippen molar-refractivity contribution in [1.29, 1.82) is 0 Å². The van der Waals surface area contributed by atoms with Gasteiger partial charge in [-0.25, -0.2) is 9.97 Å². The number of rotatable bonds is 5. The van der Waals surface area contributed by atoms with Gasteiger partial charge < -0.3 is 10.2 Å². The lowest BCUT2D eigenvalue weighted by atomic mass is 10.0. The predicted octanol–water partition coefficient (Wildman–Crippen LogP) is 2.88. The van der Waals surface area contributed by atoms with Crippen molar-refractivity contribution in [3.05, 3.63) is 40.3 Å². The number of nitrogens with one attached hydrogen (secondary N) is 1. The maximum Gasteiger partial charge on any atom is 0.223 e. The number of fused-ring (bicyclic) bond motifs is 1. The number of thiophene rings is 1. The topological polar surface area (TPSA) is 58.1 Å². The Balaban J connectivity index is 1.47. The zero-order valence-corrected chi connectivity index (χ0v) is 13.5. The number of hydrogen-bond acceptors (Lipinski definition) is 5. The van der Waals surface area contributed by atoms with Gasteiger partial charge in [0.05, 0.1) is 6.04 Å². The highest BCUT2D eigenvalue weighted by Crippen LogP contribution is 2.33. The maximum atomic E-state index is 12.4. The lowest BCUT2D eigenvalue weighted by Crippen LogP contribution is -2.38. The number of carbonyl (C=O) groups excluding carboxylic acids is 1. The Kier molecular flexibility index (Phi) is 4.68. The molecule has 116 valence electrons. The molecule has 0 fully saturated rings. The van der Waals surface area contributed by atoms with Gasteiger partial charge in [0.25, 0.3) is 0 Å². The van der Waals surface area contributed by atoms with E-state index in [1.807, 2.05) is 4.90 Å². The van der Waals surface area contributed by atoms with Crippen LogP contribution in [0.3, 0.4) is 0 Å². The largest absolute Gasteiger partial charge is 0.354 e. The summed E-state index contributed by atoms with van der Waals surface area (Å²) >= 11 is 1.80. The summed E-state index contributed by atoms with van der Waals surface area (Å²) < 4.78 is 0. The van der Waals surface area contributed by atoms with E-state index >= 15 is 0 Å². The molecule has 1 atom stereocenters. The number of aromatic nitrogens is 2. The molecule has 5 nitrogen and oxygen atoms in total. The molecule has 3 heterocycles. The summed E-state index contributed by atoms with van der Waals surface area (Å²) in [7, 11) is 0. The van der Waals surface area contributed by atoms with Gasteiger partial charge >= 0.3 is 0 Å². The number of carbonyl (C=O) groups is 1. The van der Waals surface area contributed by atoms with Crippen LogP contribution in [0.5, 0.6) is 0 Å². The van der Waals surface area contributed by atoms with E-state index in [0.717, 1.165) is 19.4 Å². The summed E-state index contributed by atoms with van der Waals surface area (Å²) in [5.41, 5.74) is 1.32. The van der Waals surface area contributed by atoms with Crippen LogP contribution in [0.1, 0.15) is 36.2 Å². The standard InChI is InChI=1S/C16H20N4OS/c1-12-13-6-11-22-14(13)5-10-20(12)15(21)4-2-7-17-16-18-8-3-9-19-16/h3,6,8-9,11-12H,2,4-5,7,10H2,1H3,(H,17,18,19)/t12-/m1/s1. The van der Waals surface area contributed by atoms with Crippen LogP contribution >= 0.6 is 11.3 Å². The summed E-state index contributed by atoms with van der Waals surface area (Å²) in [4.78, 5) is 24.1. The molecule has 0 saturated heterocycles. The van der Waals surface area contributed by atoms with Crippen molar-refractivity contribution in [2.75, 3.05) is 18.4 Å². The normalized spacial score (nSPS) is 17.1. The molecule has 0 saturated carbocycles. The third-order valence-electron chi connectivity index (χ3n) is 4.01. The van der Waals surface area contributed by atoms with Crippen LogP contribution in [0.4, 0.5) is 5.95 Å². The molecule has 1 aliphatic heterocycles. The summed E-state index contributed by atoms with van der Waals surface area (Å²) in [6.45, 7) is 3.67. The van der Waals surface area contributed by atoms with Gasteiger partial charge in [0, 0.05) is 36.8 Å². The molecule has 1 amide bonds. The molecule has 3 rings (SSSR count). The highest BCUT2D eigenvalue weighted by molar-refractivity contribution is 7.10. The Morgan fingerprint density at radius 3 is 3.09 bits per heavy atom. The zero-order chi connectivity index (χ0) is 15.4. The van der Waals surface area contributed by atoms with Crippen LogP contribution in [0.2, 0.25) is 0 Å². The van der Waals surface area contributed by atoms with Crippen LogP contribution < -0.4 is 5.32 Å². The Morgan fingerprint density at radius 2 is 2.27 bits per heavy atom. The molecule has 1 aliphatic rings. The van der Waals surface area contributed by atoms with Gasteiger partial charge in [-0.2, -0.15) is 0 Å². The van der Waals surface area contributed by atoms with Crippen LogP contribution in [0.15, 0.2) is 29.9 Å². The molecule has 0 unspecified atom stereocenters. The summed E-state index contributed by atoms with van der Waals surface area (Å²) in [6.07, 6.45) is 5.74. The van der Waals surface area contributed by atoms with Gasteiger partial charge in [-0.15, -0.1) is 11.3 Å². The smallest absolute Gasteiger partial charge is 0.223 e. The van der Waals surface area contributed by atoms with E-state index in [-0.39, 0.29) is 11.9 Å². The molecule has 0 aromatic carbocycles. The zero-order valence-electron chi connectivity index (χ0n) is 12.7. The van der Waals surface area contributed by atoms with E-state index in [1.165, 1.54) is 10.4 Å². The second-order valence-electron chi connectivity index (χ2n) is 5.41. The minimum Gasteiger partial charge on any atom is -0.354 e. The van der Waals surface area contributed by atoms with E-state index in [2.05, 4.69) is 33.7 Å². The van der Waals surface area contributed by atoms with E-state index in [1.54, 1.807) is 29.8 Å². The van der Waals surface area contributed by atoms with Crippen molar-refractivity contribution >= 4 is 23.2 Å². The number of hydrogen-bond donors (Lipinski definition) is 1. The quantitative estimate of drug-likeness (QED) is 0.862. The molecule has 2 aromatic heterocycles. The lowest BCUT2D eigenvalue weighted by Gasteiger charge is -2.33. The highest BCUT2D eigenvalue weighted by Gasteiger charge is 2.27. The van der Waals surface area contributed by atoms with Crippen molar-refractivity contribution in [1.82, 2.24) is 14.9 Å². The molecule has 2 aromatic rings. The van der Waals surface area contributed by atoms with Crippen LogP contribution in [0.25, 0.3) is 0 Å². The number of nitrogens with zero attached hydrogens (tertiary/aromatic N) is 3. The predicted molar refractivity (Wildman–Crippen MR) is 87.9 cm³/mol. The van der Waals surface area contributed by atoms with E-state index in [4.69, 9.17) is 0 Å². The molecule has 0 spiro atoms. The average molecular weight is 316 g/mol. The van der Waals surface area contributed by atoms with E-state index < -0.39 is 0 Å². The second kappa shape index (κ2) is 6.87. The van der Waals surface area contributed by atoms with Gasteiger partial charge in [-0.05, 0) is 42.8 Å². The first-order valence-electron chi connectivity index (χ1n) is 7.62. The first-order valence-corrected chi connectivity index (χ1v) is 8.50. The monoisotopic (exact) mass is 316 g/mol. The summed E-state index contributed by atoms with van der Waals surface area (Å²) in [5, 5.41) is 5.26. The first-order chi connectivity index (χ1) is 10.8. The number of amides is 1. The van der Waals surface area contributed by atoms with E-state index in [9.17, 15) is 4.79 Å². The Hall–Kier alpha value is -1.95. The third kappa shape index (κ3) is 3.27. The van der Waals surface area contributed by atoms with Crippen molar-refractivity contribution in [3.63, 3.8) is 0 Å². The van der Waals surface area contributed by atoms with Crippen molar-refractivity contribution in [2.24, 2.45) is 0 Å². The van der Waals surface area contributed by atoms with Crippen molar-refractivity contribution in [3.8, 4) is 0 Å². The molecule has 6 heteroatoms. The Labute approximate surface area is 134 Å². The molecule has 0 aliphatic carbocycles. The van der Waals surface area contributed by atoms with Crippen LogP contribution in [-0.4, -0.2) is 33.9 Å². The minimum atomic E-state index is 0.202.